The van der Waals surface area contributed by atoms with E-state index in [9.17, 15) is 9.90 Å². The highest BCUT2D eigenvalue weighted by atomic mass is 79.9. The van der Waals surface area contributed by atoms with Crippen LogP contribution in [0.25, 0.3) is 0 Å². The Morgan fingerprint density at radius 3 is 2.40 bits per heavy atom. The van der Waals surface area contributed by atoms with Crippen molar-refractivity contribution in [2.75, 3.05) is 0 Å². The quantitative estimate of drug-likeness (QED) is 0.867. The second kappa shape index (κ2) is 5.45. The van der Waals surface area contributed by atoms with Crippen molar-refractivity contribution in [1.82, 2.24) is 0 Å². The van der Waals surface area contributed by atoms with Crippen LogP contribution >= 0.6 is 27.5 Å². The SMILES string of the molecule is CC(=O)/C(=C/Br)C(O)c1ccc(Cl)cc1. The zero-order valence-corrected chi connectivity index (χ0v) is 10.4. The number of ketones is 1. The van der Waals surface area contributed by atoms with Gasteiger partial charge in [-0.05, 0) is 29.6 Å². The van der Waals surface area contributed by atoms with Gasteiger partial charge in [0.2, 0.25) is 0 Å². The van der Waals surface area contributed by atoms with Crippen LogP contribution in [0.5, 0.6) is 0 Å². The summed E-state index contributed by atoms with van der Waals surface area (Å²) < 4.78 is 0. The number of Topliss-reactive ketones (excluding diaryl/α,β-unsaturated/α-hetero) is 1. The van der Waals surface area contributed by atoms with Crippen molar-refractivity contribution < 1.29 is 9.90 Å². The maximum atomic E-state index is 11.2. The zero-order valence-electron chi connectivity index (χ0n) is 8.08. The molecule has 1 atom stereocenters. The lowest BCUT2D eigenvalue weighted by Gasteiger charge is -2.12. The number of carbonyl (C=O) groups is 1. The monoisotopic (exact) mass is 288 g/mol. The molecule has 1 aromatic carbocycles. The molecule has 1 unspecified atom stereocenters. The number of aliphatic hydroxyl groups excluding tert-OH is 1. The van der Waals surface area contributed by atoms with Crippen LogP contribution in [0.15, 0.2) is 34.8 Å². The molecular formula is C11H10BrClO2. The van der Waals surface area contributed by atoms with Crippen molar-refractivity contribution in [1.29, 1.82) is 0 Å². The molecule has 0 saturated carbocycles. The van der Waals surface area contributed by atoms with Crippen LogP contribution < -0.4 is 0 Å². The molecule has 80 valence electrons. The molecule has 1 aromatic rings. The number of halogens is 2. The summed E-state index contributed by atoms with van der Waals surface area (Å²) in [5.74, 6) is -0.172. The Bertz CT molecular complexity index is 384. The average Bonchev–Trinajstić information content (AvgIpc) is 2.19. The second-order valence-electron chi connectivity index (χ2n) is 3.07. The Morgan fingerprint density at radius 2 is 2.00 bits per heavy atom. The number of benzene rings is 1. The predicted octanol–water partition coefficient (Wildman–Crippen LogP) is 3.24. The molecule has 0 saturated heterocycles. The minimum atomic E-state index is -0.917. The molecule has 0 aliphatic rings. The fourth-order valence-corrected chi connectivity index (χ4v) is 1.85. The van der Waals surface area contributed by atoms with Gasteiger partial charge in [-0.25, -0.2) is 0 Å². The Hall–Kier alpha value is -0.640. The van der Waals surface area contributed by atoms with Gasteiger partial charge in [-0.2, -0.15) is 0 Å². The van der Waals surface area contributed by atoms with Gasteiger partial charge in [-0.1, -0.05) is 39.7 Å². The number of carbonyl (C=O) groups excluding carboxylic acids is 1. The Balaban J connectivity index is 2.98. The molecule has 0 aliphatic heterocycles. The lowest BCUT2D eigenvalue weighted by atomic mass is 10.0. The maximum Gasteiger partial charge on any atom is 0.159 e. The summed E-state index contributed by atoms with van der Waals surface area (Å²) in [6.45, 7) is 1.41. The summed E-state index contributed by atoms with van der Waals surface area (Å²) >= 11 is 8.78. The van der Waals surface area contributed by atoms with Gasteiger partial charge >= 0.3 is 0 Å². The van der Waals surface area contributed by atoms with Crippen LogP contribution in [0.4, 0.5) is 0 Å². The van der Waals surface area contributed by atoms with Gasteiger partial charge in [0.25, 0.3) is 0 Å². The third-order valence-electron chi connectivity index (χ3n) is 2.00. The van der Waals surface area contributed by atoms with Crippen molar-refractivity contribution in [2.45, 2.75) is 13.0 Å². The summed E-state index contributed by atoms with van der Waals surface area (Å²) in [6.07, 6.45) is -0.917. The molecule has 0 amide bonds. The first-order valence-corrected chi connectivity index (χ1v) is 5.60. The van der Waals surface area contributed by atoms with E-state index in [0.717, 1.165) is 0 Å². The van der Waals surface area contributed by atoms with Gasteiger partial charge in [-0.3, -0.25) is 4.79 Å². The molecule has 0 spiro atoms. The van der Waals surface area contributed by atoms with Crippen LogP contribution in [0, 0.1) is 0 Å². The van der Waals surface area contributed by atoms with E-state index in [1.807, 2.05) is 0 Å². The Kier molecular flexibility index (Phi) is 4.51. The van der Waals surface area contributed by atoms with Crippen LogP contribution in [-0.4, -0.2) is 10.9 Å². The highest BCUT2D eigenvalue weighted by molar-refractivity contribution is 9.11. The van der Waals surface area contributed by atoms with Gasteiger partial charge in [0, 0.05) is 10.6 Å². The summed E-state index contributed by atoms with van der Waals surface area (Å²) in [4.78, 5) is 12.6. The van der Waals surface area contributed by atoms with E-state index in [1.165, 1.54) is 11.9 Å². The smallest absolute Gasteiger partial charge is 0.159 e. The molecule has 1 N–H and O–H groups in total. The van der Waals surface area contributed by atoms with Crippen LogP contribution in [0.2, 0.25) is 5.02 Å². The van der Waals surface area contributed by atoms with Crippen molar-refractivity contribution in [2.24, 2.45) is 0 Å². The Labute approximate surface area is 102 Å². The molecule has 4 heteroatoms. The highest BCUT2D eigenvalue weighted by Gasteiger charge is 2.16. The number of hydrogen-bond acceptors (Lipinski definition) is 2. The fraction of sp³-hybridized carbons (Fsp3) is 0.182. The van der Waals surface area contributed by atoms with Crippen molar-refractivity contribution >= 4 is 33.3 Å². The molecule has 15 heavy (non-hydrogen) atoms. The van der Waals surface area contributed by atoms with E-state index >= 15 is 0 Å². The number of aliphatic hydroxyl groups is 1. The first-order valence-electron chi connectivity index (χ1n) is 4.31. The summed E-state index contributed by atoms with van der Waals surface area (Å²) in [7, 11) is 0. The standard InChI is InChI=1S/C11H10BrClO2/c1-7(14)10(6-12)11(15)8-2-4-9(13)5-3-8/h2-6,11,15H,1H3/b10-6-. The summed E-state index contributed by atoms with van der Waals surface area (Å²) in [5, 5.41) is 10.5. The van der Waals surface area contributed by atoms with Crippen LogP contribution in [0.1, 0.15) is 18.6 Å². The average molecular weight is 290 g/mol. The first-order chi connectivity index (χ1) is 7.06. The van der Waals surface area contributed by atoms with E-state index in [2.05, 4.69) is 15.9 Å². The van der Waals surface area contributed by atoms with E-state index in [4.69, 9.17) is 11.6 Å². The minimum absolute atomic E-state index is 0.172. The van der Waals surface area contributed by atoms with Gasteiger partial charge in [0.15, 0.2) is 5.78 Å². The zero-order chi connectivity index (χ0) is 11.4. The molecule has 0 heterocycles. The van der Waals surface area contributed by atoms with Gasteiger partial charge in [-0.15, -0.1) is 0 Å². The topological polar surface area (TPSA) is 37.3 Å². The van der Waals surface area contributed by atoms with E-state index in [1.54, 1.807) is 24.3 Å². The normalized spacial score (nSPS) is 13.7. The lowest BCUT2D eigenvalue weighted by Crippen LogP contribution is -2.07. The van der Waals surface area contributed by atoms with Crippen molar-refractivity contribution in [3.8, 4) is 0 Å². The van der Waals surface area contributed by atoms with E-state index < -0.39 is 6.10 Å². The molecule has 0 fully saturated rings. The van der Waals surface area contributed by atoms with E-state index in [-0.39, 0.29) is 5.78 Å². The van der Waals surface area contributed by atoms with Crippen LogP contribution in [0.3, 0.4) is 0 Å². The second-order valence-corrected chi connectivity index (χ2v) is 3.97. The third-order valence-corrected chi connectivity index (χ3v) is 2.75. The number of hydrogen-bond donors (Lipinski definition) is 1. The lowest BCUT2D eigenvalue weighted by molar-refractivity contribution is -0.114. The summed E-state index contributed by atoms with van der Waals surface area (Å²) in [6, 6.07) is 6.72. The molecule has 1 rings (SSSR count). The molecule has 0 aromatic heterocycles. The van der Waals surface area contributed by atoms with Gasteiger partial charge in [0.05, 0.1) is 0 Å². The fourth-order valence-electron chi connectivity index (χ4n) is 1.15. The molecule has 0 bridgehead atoms. The third kappa shape index (κ3) is 3.16. The minimum Gasteiger partial charge on any atom is -0.384 e. The molecule has 0 aliphatic carbocycles. The number of rotatable bonds is 3. The van der Waals surface area contributed by atoms with Gasteiger partial charge in [0.1, 0.15) is 6.10 Å². The van der Waals surface area contributed by atoms with Crippen LogP contribution in [-0.2, 0) is 4.79 Å². The largest absolute Gasteiger partial charge is 0.384 e. The Morgan fingerprint density at radius 1 is 1.47 bits per heavy atom. The molecule has 2 nitrogen and oxygen atoms in total. The summed E-state index contributed by atoms with van der Waals surface area (Å²) in [5.41, 5.74) is 0.956. The molecular weight excluding hydrogens is 279 g/mol. The van der Waals surface area contributed by atoms with E-state index in [0.29, 0.717) is 16.2 Å². The maximum absolute atomic E-state index is 11.2. The molecule has 0 radical (unpaired) electrons. The van der Waals surface area contributed by atoms with Crippen molar-refractivity contribution in [3.05, 3.63) is 45.4 Å². The van der Waals surface area contributed by atoms with Crippen molar-refractivity contribution in [3.63, 3.8) is 0 Å². The predicted molar refractivity (Wildman–Crippen MR) is 64.1 cm³/mol. The first kappa shape index (κ1) is 12.4. The highest BCUT2D eigenvalue weighted by Crippen LogP contribution is 2.24. The van der Waals surface area contributed by atoms with Gasteiger partial charge < -0.3 is 5.11 Å².